The largest absolute Gasteiger partial charge is 0.354 e. The van der Waals surface area contributed by atoms with Crippen LogP contribution in [0, 0.1) is 0 Å². The SMILES string of the molecule is CCN(c1ccc(C(=O)N2CCCC(n3ccnc3)C2)cn1)C(C)C. The van der Waals surface area contributed by atoms with E-state index in [0.29, 0.717) is 17.6 Å². The van der Waals surface area contributed by atoms with Crippen LogP contribution in [0.5, 0.6) is 0 Å². The van der Waals surface area contributed by atoms with E-state index < -0.39 is 0 Å². The zero-order valence-corrected chi connectivity index (χ0v) is 15.3. The Labute approximate surface area is 149 Å². The van der Waals surface area contributed by atoms with Crippen molar-refractivity contribution >= 4 is 11.7 Å². The first-order valence-corrected chi connectivity index (χ1v) is 9.09. The summed E-state index contributed by atoms with van der Waals surface area (Å²) in [4.78, 5) is 25.6. The van der Waals surface area contributed by atoms with Crippen LogP contribution in [0.15, 0.2) is 37.1 Å². The molecule has 3 heterocycles. The highest BCUT2D eigenvalue weighted by atomic mass is 16.2. The third kappa shape index (κ3) is 3.83. The van der Waals surface area contributed by atoms with Crippen LogP contribution >= 0.6 is 0 Å². The van der Waals surface area contributed by atoms with Gasteiger partial charge in [-0.3, -0.25) is 4.79 Å². The van der Waals surface area contributed by atoms with Gasteiger partial charge < -0.3 is 14.4 Å². The van der Waals surface area contributed by atoms with E-state index >= 15 is 0 Å². The molecule has 1 unspecified atom stereocenters. The highest BCUT2D eigenvalue weighted by Crippen LogP contribution is 2.23. The molecule has 0 radical (unpaired) electrons. The zero-order chi connectivity index (χ0) is 17.8. The summed E-state index contributed by atoms with van der Waals surface area (Å²) in [5.41, 5.74) is 0.662. The molecule has 6 nitrogen and oxygen atoms in total. The van der Waals surface area contributed by atoms with Gasteiger partial charge in [0.1, 0.15) is 5.82 Å². The summed E-state index contributed by atoms with van der Waals surface area (Å²) in [6, 6.07) is 4.55. The summed E-state index contributed by atoms with van der Waals surface area (Å²) in [5.74, 6) is 0.987. The van der Waals surface area contributed by atoms with Gasteiger partial charge in [-0.15, -0.1) is 0 Å². The maximum absolute atomic E-state index is 12.8. The summed E-state index contributed by atoms with van der Waals surface area (Å²) in [6.07, 6.45) is 9.40. The normalized spacial score (nSPS) is 17.8. The smallest absolute Gasteiger partial charge is 0.255 e. The number of piperidine rings is 1. The van der Waals surface area contributed by atoms with E-state index in [4.69, 9.17) is 0 Å². The Morgan fingerprint density at radius 1 is 1.40 bits per heavy atom. The van der Waals surface area contributed by atoms with Gasteiger partial charge in [0.25, 0.3) is 5.91 Å². The lowest BCUT2D eigenvalue weighted by Gasteiger charge is -2.33. The standard InChI is InChI=1S/C19H27N5O/c1-4-24(15(2)3)18-8-7-16(12-21-18)19(25)22-10-5-6-17(13-22)23-11-9-20-14-23/h7-9,11-12,14-15,17H,4-6,10,13H2,1-3H3. The molecule has 6 heteroatoms. The topological polar surface area (TPSA) is 54.3 Å². The minimum Gasteiger partial charge on any atom is -0.354 e. The first kappa shape index (κ1) is 17.5. The Bertz CT molecular complexity index is 680. The number of likely N-dealkylation sites (tertiary alicyclic amines) is 1. The fourth-order valence-electron chi connectivity index (χ4n) is 3.52. The zero-order valence-electron chi connectivity index (χ0n) is 15.3. The van der Waals surface area contributed by atoms with Crippen LogP contribution in [0.1, 0.15) is 50.0 Å². The van der Waals surface area contributed by atoms with Crippen molar-refractivity contribution in [2.45, 2.75) is 45.7 Å². The number of imidazole rings is 1. The van der Waals surface area contributed by atoms with Gasteiger partial charge in [0.2, 0.25) is 0 Å². The Balaban J connectivity index is 1.70. The number of pyridine rings is 1. The van der Waals surface area contributed by atoms with E-state index in [-0.39, 0.29) is 5.91 Å². The molecule has 25 heavy (non-hydrogen) atoms. The van der Waals surface area contributed by atoms with E-state index in [1.807, 2.05) is 29.6 Å². The Hall–Kier alpha value is -2.37. The van der Waals surface area contributed by atoms with Crippen LogP contribution in [0.3, 0.4) is 0 Å². The molecule has 1 aliphatic heterocycles. The fourth-order valence-corrected chi connectivity index (χ4v) is 3.52. The summed E-state index contributed by atoms with van der Waals surface area (Å²) in [6.45, 7) is 8.84. The van der Waals surface area contributed by atoms with Crippen molar-refractivity contribution in [1.29, 1.82) is 0 Å². The third-order valence-electron chi connectivity index (χ3n) is 4.88. The number of aromatic nitrogens is 3. The van der Waals surface area contributed by atoms with Gasteiger partial charge in [-0.2, -0.15) is 0 Å². The van der Waals surface area contributed by atoms with Gasteiger partial charge in [0, 0.05) is 44.3 Å². The lowest BCUT2D eigenvalue weighted by molar-refractivity contribution is 0.0679. The van der Waals surface area contributed by atoms with Crippen LogP contribution < -0.4 is 4.90 Å². The monoisotopic (exact) mass is 341 g/mol. The summed E-state index contributed by atoms with van der Waals surface area (Å²) in [5, 5.41) is 0. The number of rotatable bonds is 5. The van der Waals surface area contributed by atoms with Crippen LogP contribution in [0.2, 0.25) is 0 Å². The lowest BCUT2D eigenvalue weighted by Crippen LogP contribution is -2.40. The Morgan fingerprint density at radius 2 is 2.24 bits per heavy atom. The molecular weight excluding hydrogens is 314 g/mol. The second-order valence-electron chi connectivity index (χ2n) is 6.84. The summed E-state index contributed by atoms with van der Waals surface area (Å²) in [7, 11) is 0. The molecule has 2 aromatic rings. The Morgan fingerprint density at radius 3 is 2.84 bits per heavy atom. The number of carbonyl (C=O) groups excluding carboxylic acids is 1. The summed E-state index contributed by atoms with van der Waals surface area (Å²) < 4.78 is 2.10. The number of carbonyl (C=O) groups is 1. The maximum atomic E-state index is 12.8. The fraction of sp³-hybridized carbons (Fsp3) is 0.526. The number of hydrogen-bond donors (Lipinski definition) is 0. The van der Waals surface area contributed by atoms with Gasteiger partial charge in [-0.05, 0) is 45.7 Å². The van der Waals surface area contributed by atoms with Gasteiger partial charge >= 0.3 is 0 Å². The van der Waals surface area contributed by atoms with Crippen molar-refractivity contribution in [2.75, 3.05) is 24.5 Å². The van der Waals surface area contributed by atoms with Gasteiger partial charge in [-0.25, -0.2) is 9.97 Å². The minimum atomic E-state index is 0.0662. The lowest BCUT2D eigenvalue weighted by atomic mass is 10.0. The highest BCUT2D eigenvalue weighted by molar-refractivity contribution is 5.94. The third-order valence-corrected chi connectivity index (χ3v) is 4.88. The van der Waals surface area contributed by atoms with E-state index in [9.17, 15) is 4.79 Å². The van der Waals surface area contributed by atoms with E-state index in [1.54, 1.807) is 12.4 Å². The number of anilines is 1. The van der Waals surface area contributed by atoms with Crippen molar-refractivity contribution < 1.29 is 4.79 Å². The van der Waals surface area contributed by atoms with E-state index in [1.165, 1.54) is 0 Å². The molecule has 0 N–H and O–H groups in total. The first-order valence-electron chi connectivity index (χ1n) is 9.09. The molecule has 1 saturated heterocycles. The molecule has 0 bridgehead atoms. The minimum absolute atomic E-state index is 0.0662. The van der Waals surface area contributed by atoms with Crippen LogP contribution in [0.4, 0.5) is 5.82 Å². The predicted octanol–water partition coefficient (Wildman–Crippen LogP) is 2.99. The predicted molar refractivity (Wildman–Crippen MR) is 98.8 cm³/mol. The molecule has 3 rings (SSSR count). The second kappa shape index (κ2) is 7.68. The quantitative estimate of drug-likeness (QED) is 0.839. The average molecular weight is 341 g/mol. The van der Waals surface area contributed by atoms with Crippen molar-refractivity contribution in [3.63, 3.8) is 0 Å². The molecule has 1 aliphatic rings. The van der Waals surface area contributed by atoms with Crippen molar-refractivity contribution in [2.24, 2.45) is 0 Å². The number of hydrogen-bond acceptors (Lipinski definition) is 4. The molecule has 134 valence electrons. The maximum Gasteiger partial charge on any atom is 0.255 e. The molecule has 1 atom stereocenters. The molecule has 0 saturated carbocycles. The van der Waals surface area contributed by atoms with Gasteiger partial charge in [0.15, 0.2) is 0 Å². The molecule has 2 aromatic heterocycles. The number of amides is 1. The number of nitrogens with zero attached hydrogens (tertiary/aromatic N) is 5. The molecular formula is C19H27N5O. The first-order chi connectivity index (χ1) is 12.1. The average Bonchev–Trinajstić information content (AvgIpc) is 3.17. The Kier molecular flexibility index (Phi) is 5.36. The highest BCUT2D eigenvalue weighted by Gasteiger charge is 2.25. The van der Waals surface area contributed by atoms with Crippen molar-refractivity contribution in [3.05, 3.63) is 42.6 Å². The van der Waals surface area contributed by atoms with Crippen molar-refractivity contribution in [3.8, 4) is 0 Å². The summed E-state index contributed by atoms with van der Waals surface area (Å²) >= 11 is 0. The van der Waals surface area contributed by atoms with Gasteiger partial charge in [-0.1, -0.05) is 0 Å². The molecule has 1 amide bonds. The molecule has 0 spiro atoms. The molecule has 0 aliphatic carbocycles. The molecule has 1 fully saturated rings. The molecule has 0 aromatic carbocycles. The van der Waals surface area contributed by atoms with Crippen molar-refractivity contribution in [1.82, 2.24) is 19.4 Å². The van der Waals surface area contributed by atoms with Gasteiger partial charge in [0.05, 0.1) is 17.9 Å². The van der Waals surface area contributed by atoms with E-state index in [0.717, 1.165) is 38.3 Å². The van der Waals surface area contributed by atoms with Crippen LogP contribution in [-0.2, 0) is 0 Å². The van der Waals surface area contributed by atoms with Crippen LogP contribution in [0.25, 0.3) is 0 Å². The van der Waals surface area contributed by atoms with E-state index in [2.05, 4.69) is 40.2 Å². The second-order valence-corrected chi connectivity index (χ2v) is 6.84. The van der Waals surface area contributed by atoms with Crippen LogP contribution in [-0.4, -0.2) is 51.0 Å².